The highest BCUT2D eigenvalue weighted by Gasteiger charge is 2.28. The van der Waals surface area contributed by atoms with Crippen molar-refractivity contribution in [2.24, 2.45) is 0 Å². The van der Waals surface area contributed by atoms with Crippen LogP contribution in [0.2, 0.25) is 0 Å². The minimum Gasteiger partial charge on any atom is -0.352 e. The molecule has 0 spiro atoms. The molecule has 1 fully saturated rings. The van der Waals surface area contributed by atoms with E-state index in [1.807, 2.05) is 41.0 Å². The minimum absolute atomic E-state index is 0.0128. The summed E-state index contributed by atoms with van der Waals surface area (Å²) in [7, 11) is 0. The van der Waals surface area contributed by atoms with E-state index in [0.29, 0.717) is 36.1 Å². The summed E-state index contributed by atoms with van der Waals surface area (Å²) in [6.45, 7) is 7.72. The first-order chi connectivity index (χ1) is 15.6. The second-order valence-electron chi connectivity index (χ2n) is 8.46. The summed E-state index contributed by atoms with van der Waals surface area (Å²) in [4.78, 5) is 32.7. The molecule has 168 valence electrons. The Morgan fingerprint density at radius 3 is 2.47 bits per heavy atom. The fourth-order valence-corrected chi connectivity index (χ4v) is 4.16. The number of hydrogen-bond donors (Lipinski definition) is 1. The van der Waals surface area contributed by atoms with Crippen LogP contribution in [-0.2, 0) is 24.3 Å². The van der Waals surface area contributed by atoms with Gasteiger partial charge in [0.2, 0.25) is 5.91 Å². The molecule has 1 aromatic heterocycles. The lowest BCUT2D eigenvalue weighted by atomic mass is 10.1. The van der Waals surface area contributed by atoms with Crippen molar-refractivity contribution < 1.29 is 4.79 Å². The number of aromatic nitrogens is 2. The number of rotatable bonds is 10. The van der Waals surface area contributed by atoms with Gasteiger partial charge in [0.1, 0.15) is 5.82 Å². The molecule has 1 N–H and O–H groups in total. The van der Waals surface area contributed by atoms with Gasteiger partial charge < -0.3 is 5.32 Å². The summed E-state index contributed by atoms with van der Waals surface area (Å²) in [6, 6.07) is 16.0. The molecule has 6 heteroatoms. The van der Waals surface area contributed by atoms with Crippen molar-refractivity contribution in [3.05, 3.63) is 75.8 Å². The number of carbonyl (C=O) groups excluding carboxylic acids is 1. The van der Waals surface area contributed by atoms with E-state index in [1.165, 1.54) is 5.56 Å². The van der Waals surface area contributed by atoms with Crippen molar-refractivity contribution >= 4 is 16.8 Å². The van der Waals surface area contributed by atoms with Gasteiger partial charge in [-0.3, -0.25) is 19.1 Å². The van der Waals surface area contributed by atoms with E-state index in [-0.39, 0.29) is 17.5 Å². The van der Waals surface area contributed by atoms with E-state index in [0.717, 1.165) is 38.0 Å². The third-order valence-corrected chi connectivity index (χ3v) is 6.25. The second-order valence-corrected chi connectivity index (χ2v) is 8.46. The average Bonchev–Trinajstić information content (AvgIpc) is 3.65. The Balaban J connectivity index is 1.42. The van der Waals surface area contributed by atoms with Crippen molar-refractivity contribution in [1.82, 2.24) is 19.8 Å². The van der Waals surface area contributed by atoms with Crippen LogP contribution in [-0.4, -0.2) is 33.4 Å². The van der Waals surface area contributed by atoms with Crippen LogP contribution in [0.15, 0.2) is 53.3 Å². The molecule has 1 amide bonds. The Labute approximate surface area is 189 Å². The highest BCUT2D eigenvalue weighted by Crippen LogP contribution is 2.34. The summed E-state index contributed by atoms with van der Waals surface area (Å²) >= 11 is 0. The Morgan fingerprint density at radius 2 is 1.75 bits per heavy atom. The van der Waals surface area contributed by atoms with Crippen molar-refractivity contribution in [1.29, 1.82) is 0 Å². The number of para-hydroxylation sites is 1. The van der Waals surface area contributed by atoms with Gasteiger partial charge in [0, 0.05) is 32.0 Å². The van der Waals surface area contributed by atoms with E-state index in [4.69, 9.17) is 4.98 Å². The normalized spacial score (nSPS) is 13.6. The van der Waals surface area contributed by atoms with Crippen LogP contribution in [0.4, 0.5) is 0 Å². The fourth-order valence-electron chi connectivity index (χ4n) is 4.16. The van der Waals surface area contributed by atoms with Gasteiger partial charge in [0.25, 0.3) is 5.56 Å². The monoisotopic (exact) mass is 432 g/mol. The maximum atomic E-state index is 13.0. The highest BCUT2D eigenvalue weighted by molar-refractivity contribution is 5.78. The molecule has 1 saturated carbocycles. The zero-order valence-corrected chi connectivity index (χ0v) is 19.0. The van der Waals surface area contributed by atoms with Gasteiger partial charge in [-0.1, -0.05) is 50.2 Å². The molecule has 0 radical (unpaired) electrons. The molecule has 0 aliphatic heterocycles. The maximum absolute atomic E-state index is 13.0. The summed E-state index contributed by atoms with van der Waals surface area (Å²) < 4.78 is 1.81. The van der Waals surface area contributed by atoms with Crippen LogP contribution in [0.5, 0.6) is 0 Å². The van der Waals surface area contributed by atoms with Gasteiger partial charge in [-0.2, -0.15) is 0 Å². The summed E-state index contributed by atoms with van der Waals surface area (Å²) in [5.74, 6) is 0.695. The maximum Gasteiger partial charge on any atom is 0.261 e. The van der Waals surface area contributed by atoms with Crippen molar-refractivity contribution in [3.8, 4) is 0 Å². The Kier molecular flexibility index (Phi) is 7.00. The van der Waals surface area contributed by atoms with E-state index in [9.17, 15) is 9.59 Å². The van der Waals surface area contributed by atoms with E-state index in [1.54, 1.807) is 0 Å². The van der Waals surface area contributed by atoms with E-state index < -0.39 is 0 Å². The van der Waals surface area contributed by atoms with Gasteiger partial charge >= 0.3 is 0 Å². The molecular formula is C26H32N4O2. The number of nitrogens with one attached hydrogen (secondary N) is 1. The smallest absolute Gasteiger partial charge is 0.261 e. The number of nitrogens with zero attached hydrogens (tertiary/aromatic N) is 3. The summed E-state index contributed by atoms with van der Waals surface area (Å²) in [6.07, 6.45) is 2.78. The summed E-state index contributed by atoms with van der Waals surface area (Å²) in [5.41, 5.74) is 3.11. The van der Waals surface area contributed by atoms with E-state index in [2.05, 4.69) is 36.2 Å². The standard InChI is InChI=1S/C26H32N4O2/c1-3-29(4-2)18-20-10-6-5-9-19(20)17-27-25(31)16-15-24-28-23-12-8-7-11-22(23)26(32)30(24)21-13-14-21/h5-12,21H,3-4,13-18H2,1-2H3,(H,27,31). The molecule has 0 atom stereocenters. The van der Waals surface area contributed by atoms with Crippen LogP contribution in [0, 0.1) is 0 Å². The largest absolute Gasteiger partial charge is 0.352 e. The molecule has 1 aliphatic rings. The Morgan fingerprint density at radius 1 is 1.06 bits per heavy atom. The third kappa shape index (κ3) is 5.07. The predicted molar refractivity (Wildman–Crippen MR) is 128 cm³/mol. The van der Waals surface area contributed by atoms with Crippen LogP contribution in [0.25, 0.3) is 10.9 Å². The van der Waals surface area contributed by atoms with Gasteiger partial charge in [0.05, 0.1) is 10.9 Å². The third-order valence-electron chi connectivity index (χ3n) is 6.25. The predicted octanol–water partition coefficient (Wildman–Crippen LogP) is 3.82. The minimum atomic E-state index is -0.0209. The molecule has 0 saturated heterocycles. The van der Waals surface area contributed by atoms with Crippen molar-refractivity contribution in [2.45, 2.75) is 58.7 Å². The zero-order chi connectivity index (χ0) is 22.5. The zero-order valence-electron chi connectivity index (χ0n) is 19.0. The van der Waals surface area contributed by atoms with Gasteiger partial charge in [-0.15, -0.1) is 0 Å². The molecule has 4 rings (SSSR count). The highest BCUT2D eigenvalue weighted by atomic mass is 16.1. The van der Waals surface area contributed by atoms with Crippen LogP contribution >= 0.6 is 0 Å². The first-order valence-electron chi connectivity index (χ1n) is 11.7. The quantitative estimate of drug-likeness (QED) is 0.529. The van der Waals surface area contributed by atoms with Gasteiger partial charge in [-0.05, 0) is 49.2 Å². The first-order valence-corrected chi connectivity index (χ1v) is 11.7. The van der Waals surface area contributed by atoms with Gasteiger partial charge in [0.15, 0.2) is 0 Å². The lowest BCUT2D eigenvalue weighted by Gasteiger charge is -2.20. The SMILES string of the molecule is CCN(CC)Cc1ccccc1CNC(=O)CCc1nc2ccccc2c(=O)n1C1CC1. The van der Waals surface area contributed by atoms with Crippen LogP contribution < -0.4 is 10.9 Å². The number of hydrogen-bond acceptors (Lipinski definition) is 4. The molecular weight excluding hydrogens is 400 g/mol. The molecule has 32 heavy (non-hydrogen) atoms. The number of fused-ring (bicyclic) bond motifs is 1. The van der Waals surface area contributed by atoms with Gasteiger partial charge in [-0.25, -0.2) is 4.98 Å². The topological polar surface area (TPSA) is 67.2 Å². The first kappa shape index (κ1) is 22.2. The lowest BCUT2D eigenvalue weighted by Crippen LogP contribution is -2.28. The number of carbonyl (C=O) groups is 1. The van der Waals surface area contributed by atoms with Crippen LogP contribution in [0.3, 0.4) is 0 Å². The van der Waals surface area contributed by atoms with Crippen molar-refractivity contribution in [2.75, 3.05) is 13.1 Å². The summed E-state index contributed by atoms with van der Waals surface area (Å²) in [5, 5.41) is 3.71. The fraction of sp³-hybridized carbons (Fsp3) is 0.423. The second kappa shape index (κ2) is 10.1. The molecule has 3 aromatic rings. The number of aryl methyl sites for hydroxylation is 1. The van der Waals surface area contributed by atoms with E-state index >= 15 is 0 Å². The molecule has 0 bridgehead atoms. The average molecular weight is 433 g/mol. The van der Waals surface area contributed by atoms with Crippen LogP contribution in [0.1, 0.15) is 56.1 Å². The number of amides is 1. The molecule has 0 unspecified atom stereocenters. The Hall–Kier alpha value is -2.99. The molecule has 1 aliphatic carbocycles. The van der Waals surface area contributed by atoms with Crippen molar-refractivity contribution in [3.63, 3.8) is 0 Å². The Bertz CT molecular complexity index is 1150. The number of benzene rings is 2. The molecule has 6 nitrogen and oxygen atoms in total. The molecule has 1 heterocycles. The lowest BCUT2D eigenvalue weighted by molar-refractivity contribution is -0.121. The molecule has 2 aromatic carbocycles.